The molecule has 3 fully saturated rings. The zero-order chi connectivity index (χ0) is 31.3. The zero-order valence-corrected chi connectivity index (χ0v) is 23.7. The molecule has 2 heterocycles. The summed E-state index contributed by atoms with van der Waals surface area (Å²) in [4.78, 5) is 50.5. The quantitative estimate of drug-likeness (QED) is 0.126. The number of likely N-dealkylation sites (tertiary alicyclic amines) is 1. The van der Waals surface area contributed by atoms with Gasteiger partial charge < -0.3 is 5.11 Å². The first kappa shape index (κ1) is 29.6. The highest BCUT2D eigenvalue weighted by Crippen LogP contribution is 2.66. The van der Waals surface area contributed by atoms with Crippen LogP contribution >= 0.6 is 23.2 Å². The summed E-state index contributed by atoms with van der Waals surface area (Å²) in [5, 5.41) is 10.3. The van der Waals surface area contributed by atoms with E-state index < -0.39 is 98.2 Å². The van der Waals surface area contributed by atoms with Crippen molar-refractivity contribution in [2.45, 2.75) is 41.9 Å². The number of aromatic hydroxyl groups is 1. The predicted octanol–water partition coefficient (Wildman–Crippen LogP) is 5.06. The molecule has 1 saturated carbocycles. The molecular weight excluding hydrogens is 622 g/mol. The van der Waals surface area contributed by atoms with Crippen LogP contribution in [0.1, 0.15) is 37.7 Å². The van der Waals surface area contributed by atoms with Gasteiger partial charge in [-0.25, -0.2) is 26.9 Å². The number of nitrogens with zero attached hydrogens (tertiary/aromatic N) is 2. The Morgan fingerprint density at radius 2 is 1.53 bits per heavy atom. The van der Waals surface area contributed by atoms with E-state index in [2.05, 4.69) is 0 Å². The number of fused-ring (bicyclic) bond motifs is 4. The highest BCUT2D eigenvalue weighted by molar-refractivity contribution is 6.58. The highest BCUT2D eigenvalue weighted by Gasteiger charge is 2.77. The molecule has 0 spiro atoms. The van der Waals surface area contributed by atoms with Gasteiger partial charge in [0, 0.05) is 12.5 Å². The molecule has 43 heavy (non-hydrogen) atoms. The van der Waals surface area contributed by atoms with Crippen LogP contribution in [-0.2, 0) is 19.2 Å². The maximum Gasteiger partial charge on any atom is 0.258 e. The first-order chi connectivity index (χ1) is 20.2. The zero-order valence-electron chi connectivity index (χ0n) is 22.1. The average Bonchev–Trinajstić information content (AvgIpc) is 3.29. The lowest BCUT2D eigenvalue weighted by Crippen LogP contribution is -2.60. The minimum absolute atomic E-state index is 0.0579. The molecule has 0 bridgehead atoms. The Labute approximate surface area is 250 Å². The van der Waals surface area contributed by atoms with E-state index in [1.54, 1.807) is 13.0 Å². The van der Waals surface area contributed by atoms with Gasteiger partial charge in [0.1, 0.15) is 11.4 Å². The Balaban J connectivity index is 1.59. The molecule has 0 aromatic heterocycles. The van der Waals surface area contributed by atoms with Crippen LogP contribution in [0.2, 0.25) is 0 Å². The second-order valence-electron chi connectivity index (χ2n) is 11.1. The molecular formula is C29H21Cl2F5N2O5. The summed E-state index contributed by atoms with van der Waals surface area (Å²) in [6.45, 7) is 1.91. The van der Waals surface area contributed by atoms with Gasteiger partial charge in [-0.1, -0.05) is 30.7 Å². The SMILES string of the molecule is CCCN1C(=O)C2CC=C3C(CC4(Cl)C(=O)N(c5c(F)c(F)c(F)c(F)c5F)C(=O)C4(Cl)C3c3cccc(O)c3)C2C1=O. The predicted molar refractivity (Wildman–Crippen MR) is 142 cm³/mol. The summed E-state index contributed by atoms with van der Waals surface area (Å²) >= 11 is 14.0. The number of allylic oxidation sites excluding steroid dienone is 2. The maximum atomic E-state index is 15.0. The number of carbonyl (C=O) groups excluding carboxylic acids is 4. The Morgan fingerprint density at radius 1 is 0.907 bits per heavy atom. The van der Waals surface area contributed by atoms with Gasteiger partial charge in [-0.15, -0.1) is 23.2 Å². The Morgan fingerprint density at radius 3 is 2.14 bits per heavy atom. The second kappa shape index (κ2) is 9.75. The van der Waals surface area contributed by atoms with Gasteiger partial charge in [-0.2, -0.15) is 0 Å². The van der Waals surface area contributed by atoms with Gasteiger partial charge in [-0.3, -0.25) is 24.1 Å². The number of halogens is 7. The number of hydrogen-bond donors (Lipinski definition) is 1. The van der Waals surface area contributed by atoms with Crippen LogP contribution < -0.4 is 4.90 Å². The van der Waals surface area contributed by atoms with Gasteiger partial charge in [0.15, 0.2) is 33.0 Å². The summed E-state index contributed by atoms with van der Waals surface area (Å²) in [6, 6.07) is 5.34. The summed E-state index contributed by atoms with van der Waals surface area (Å²) < 4.78 is 72.3. The number of anilines is 1. The number of amides is 4. The van der Waals surface area contributed by atoms with Crippen molar-refractivity contribution in [2.24, 2.45) is 17.8 Å². The molecule has 0 radical (unpaired) electrons. The Bertz CT molecular complexity index is 1660. The highest BCUT2D eigenvalue weighted by atomic mass is 35.5. The van der Waals surface area contributed by atoms with E-state index >= 15 is 0 Å². The van der Waals surface area contributed by atoms with Crippen LogP contribution in [0.25, 0.3) is 0 Å². The fourth-order valence-electron chi connectivity index (χ4n) is 7.15. The summed E-state index contributed by atoms with van der Waals surface area (Å²) in [6.07, 6.45) is 1.56. The minimum Gasteiger partial charge on any atom is -0.508 e. The number of carbonyl (C=O) groups is 4. The molecule has 2 aliphatic carbocycles. The molecule has 2 aromatic carbocycles. The fourth-order valence-corrected chi connectivity index (χ4v) is 8.09. The maximum absolute atomic E-state index is 15.0. The lowest BCUT2D eigenvalue weighted by atomic mass is 9.56. The van der Waals surface area contributed by atoms with E-state index in [4.69, 9.17) is 23.2 Å². The van der Waals surface area contributed by atoms with Crippen molar-refractivity contribution < 1.29 is 46.2 Å². The van der Waals surface area contributed by atoms with Crippen molar-refractivity contribution >= 4 is 52.5 Å². The number of benzene rings is 2. The van der Waals surface area contributed by atoms with Crippen molar-refractivity contribution in [3.05, 3.63) is 70.6 Å². The molecule has 226 valence electrons. The Hall–Kier alpha value is -3.51. The third-order valence-electron chi connectivity index (χ3n) is 8.96. The van der Waals surface area contributed by atoms with Gasteiger partial charge in [-0.05, 0) is 42.9 Å². The van der Waals surface area contributed by atoms with Crippen LogP contribution in [0.15, 0.2) is 35.9 Å². The van der Waals surface area contributed by atoms with Crippen molar-refractivity contribution in [1.29, 1.82) is 0 Å². The molecule has 14 heteroatoms. The van der Waals surface area contributed by atoms with Crippen molar-refractivity contribution in [2.75, 3.05) is 11.4 Å². The van der Waals surface area contributed by atoms with E-state index in [1.165, 1.54) is 24.3 Å². The molecule has 6 rings (SSSR count). The van der Waals surface area contributed by atoms with Gasteiger partial charge in [0.25, 0.3) is 11.8 Å². The fraction of sp³-hybridized carbons (Fsp3) is 0.379. The first-order valence-corrected chi connectivity index (χ1v) is 14.1. The molecule has 4 aliphatic rings. The molecule has 7 nitrogen and oxygen atoms in total. The number of phenols is 1. The number of alkyl halides is 2. The lowest BCUT2D eigenvalue weighted by Gasteiger charge is -2.50. The molecule has 6 unspecified atom stereocenters. The number of rotatable bonds is 4. The smallest absolute Gasteiger partial charge is 0.258 e. The lowest BCUT2D eigenvalue weighted by molar-refractivity contribution is -0.140. The van der Waals surface area contributed by atoms with E-state index in [-0.39, 0.29) is 29.2 Å². The molecule has 1 N–H and O–H groups in total. The van der Waals surface area contributed by atoms with Gasteiger partial charge in [0.05, 0.1) is 11.8 Å². The average molecular weight is 643 g/mol. The monoisotopic (exact) mass is 642 g/mol. The second-order valence-corrected chi connectivity index (χ2v) is 12.4. The molecule has 2 aliphatic heterocycles. The van der Waals surface area contributed by atoms with E-state index in [0.29, 0.717) is 12.0 Å². The molecule has 2 saturated heterocycles. The molecule has 4 amide bonds. The van der Waals surface area contributed by atoms with E-state index in [9.17, 15) is 46.2 Å². The first-order valence-electron chi connectivity index (χ1n) is 13.3. The number of hydrogen-bond acceptors (Lipinski definition) is 5. The van der Waals surface area contributed by atoms with Crippen molar-refractivity contribution in [1.82, 2.24) is 4.90 Å². The van der Waals surface area contributed by atoms with Crippen molar-refractivity contribution in [3.63, 3.8) is 0 Å². The van der Waals surface area contributed by atoms with Gasteiger partial charge in [0.2, 0.25) is 17.6 Å². The van der Waals surface area contributed by atoms with Crippen molar-refractivity contribution in [3.8, 4) is 5.75 Å². The van der Waals surface area contributed by atoms with Crippen LogP contribution in [-0.4, -0.2) is 49.9 Å². The van der Waals surface area contributed by atoms with Crippen LogP contribution in [0.5, 0.6) is 5.75 Å². The van der Waals surface area contributed by atoms with Crippen LogP contribution in [0.3, 0.4) is 0 Å². The van der Waals surface area contributed by atoms with E-state index in [0.717, 1.165) is 4.90 Å². The molecule has 2 aromatic rings. The minimum atomic E-state index is -2.62. The number of phenolic OH excluding ortho intramolecular Hbond substituents is 1. The third kappa shape index (κ3) is 3.65. The number of imide groups is 2. The topological polar surface area (TPSA) is 95.0 Å². The summed E-state index contributed by atoms with van der Waals surface area (Å²) in [5.41, 5.74) is -1.40. The summed E-state index contributed by atoms with van der Waals surface area (Å²) in [7, 11) is 0. The van der Waals surface area contributed by atoms with Crippen LogP contribution in [0.4, 0.5) is 27.6 Å². The summed E-state index contributed by atoms with van der Waals surface area (Å²) in [5.74, 6) is -20.8. The Kier molecular flexibility index (Phi) is 6.70. The molecule has 6 atom stereocenters. The van der Waals surface area contributed by atoms with Crippen LogP contribution in [0, 0.1) is 46.8 Å². The van der Waals surface area contributed by atoms with Gasteiger partial charge >= 0.3 is 0 Å². The normalized spacial score (nSPS) is 31.8. The standard InChI is InChI=1S/C29H21Cl2F5N2O5/c1-2-8-37-24(40)14-7-6-13-15(16(14)25(37)41)10-28(30)26(42)38(23-21(35)19(33)18(32)20(34)22(23)36)27(43)29(28,31)17(13)11-4-3-5-12(39)9-11/h3-6,9,14-17,39H,2,7-8,10H2,1H3. The largest absolute Gasteiger partial charge is 0.508 e. The third-order valence-corrected chi connectivity index (χ3v) is 10.4. The van der Waals surface area contributed by atoms with E-state index in [1.807, 2.05) is 0 Å².